The quantitative estimate of drug-likeness (QED) is 0.558. The van der Waals surface area contributed by atoms with Crippen LogP contribution in [0.5, 0.6) is 0 Å². The maximum Gasteiger partial charge on any atom is 0.309 e. The maximum absolute atomic E-state index is 10.6. The number of carboxylic acids is 1. The second-order valence-corrected chi connectivity index (χ2v) is 4.04. The van der Waals surface area contributed by atoms with Crippen LogP contribution >= 0.6 is 11.3 Å². The molecule has 1 aromatic heterocycles. The molecule has 0 aliphatic carbocycles. The molecular formula is C9H10N3O4S. The second-order valence-electron chi connectivity index (χ2n) is 3.15. The van der Waals surface area contributed by atoms with Gasteiger partial charge in [0, 0.05) is 5.38 Å². The monoisotopic (exact) mass is 256 g/mol. The average molecular weight is 256 g/mol. The molecule has 3 N–H and O–H groups in total. The van der Waals surface area contributed by atoms with Crippen molar-refractivity contribution in [3.05, 3.63) is 11.1 Å². The smallest absolute Gasteiger partial charge is 0.309 e. The summed E-state index contributed by atoms with van der Waals surface area (Å²) in [4.78, 5) is 29.6. The third-order valence-corrected chi connectivity index (χ3v) is 2.44. The van der Waals surface area contributed by atoms with Crippen LogP contribution in [0.25, 0.3) is 0 Å². The highest BCUT2D eigenvalue weighted by molar-refractivity contribution is 7.13. The second kappa shape index (κ2) is 5.94. The highest BCUT2D eigenvalue weighted by Crippen LogP contribution is 2.11. The van der Waals surface area contributed by atoms with Crippen molar-refractivity contribution in [2.75, 3.05) is 12.3 Å². The van der Waals surface area contributed by atoms with Crippen molar-refractivity contribution < 1.29 is 19.5 Å². The highest BCUT2D eigenvalue weighted by atomic mass is 32.1. The molecule has 17 heavy (non-hydrogen) atoms. The fourth-order valence-electron chi connectivity index (χ4n) is 0.799. The Hall–Kier alpha value is -1.96. The first-order chi connectivity index (χ1) is 8.04. The zero-order valence-corrected chi connectivity index (χ0v) is 9.73. The third-order valence-electron chi connectivity index (χ3n) is 1.76. The number of carboxylic acid groups (broad SMARTS) is 1. The van der Waals surface area contributed by atoms with Gasteiger partial charge in [0.15, 0.2) is 10.8 Å². The van der Waals surface area contributed by atoms with Gasteiger partial charge in [-0.3, -0.25) is 9.59 Å². The van der Waals surface area contributed by atoms with Crippen molar-refractivity contribution in [1.29, 1.82) is 0 Å². The van der Waals surface area contributed by atoms with E-state index < -0.39 is 11.9 Å². The molecule has 1 atom stereocenters. The first-order valence-electron chi connectivity index (χ1n) is 4.57. The van der Waals surface area contributed by atoms with E-state index in [0.717, 1.165) is 11.3 Å². The summed E-state index contributed by atoms with van der Waals surface area (Å²) >= 11 is 1.15. The molecule has 0 saturated heterocycles. The predicted molar refractivity (Wildman–Crippen MR) is 61.5 cm³/mol. The Morgan fingerprint density at radius 2 is 2.53 bits per heavy atom. The molecule has 0 spiro atoms. The topological polar surface area (TPSA) is 115 Å². The summed E-state index contributed by atoms with van der Waals surface area (Å²) in [7, 11) is 0. The number of anilines is 1. The molecular weight excluding hydrogens is 246 g/mol. The molecule has 0 fully saturated rings. The van der Waals surface area contributed by atoms with E-state index in [9.17, 15) is 9.59 Å². The zero-order chi connectivity index (χ0) is 12.8. The molecule has 91 valence electrons. The van der Waals surface area contributed by atoms with Gasteiger partial charge in [-0.15, -0.1) is 11.3 Å². The van der Waals surface area contributed by atoms with Gasteiger partial charge < -0.3 is 15.7 Å². The standard InChI is InChI=1S/C9H10N3O4S/c1-5(8(14)15)3-16-12-6(2-13)7-4-17-9(10)11-7/h4-5H,3H2,1H3,(H2,10,11)(H,14,15)/b12-6+. The summed E-state index contributed by atoms with van der Waals surface area (Å²) in [6, 6.07) is 0. The van der Waals surface area contributed by atoms with Crippen molar-refractivity contribution in [3.63, 3.8) is 0 Å². The molecule has 8 heteroatoms. The Morgan fingerprint density at radius 3 is 3.00 bits per heavy atom. The van der Waals surface area contributed by atoms with Crippen molar-refractivity contribution in [1.82, 2.24) is 4.98 Å². The fourth-order valence-corrected chi connectivity index (χ4v) is 1.35. The molecule has 1 rings (SSSR count). The van der Waals surface area contributed by atoms with Gasteiger partial charge in [0.25, 0.3) is 6.29 Å². The molecule has 7 nitrogen and oxygen atoms in total. The van der Waals surface area contributed by atoms with E-state index in [-0.39, 0.29) is 18.0 Å². The lowest BCUT2D eigenvalue weighted by Gasteiger charge is -2.03. The minimum Gasteiger partial charge on any atom is -0.481 e. The summed E-state index contributed by atoms with van der Waals surface area (Å²) in [5.41, 5.74) is 5.50. The number of aromatic nitrogens is 1. The fraction of sp³-hybridized carbons (Fsp3) is 0.333. The van der Waals surface area contributed by atoms with Crippen molar-refractivity contribution >= 4 is 34.4 Å². The molecule has 0 aliphatic heterocycles. The third kappa shape index (κ3) is 3.83. The Labute approximate surface area is 101 Å². The first-order valence-corrected chi connectivity index (χ1v) is 5.45. The number of nitrogen functional groups attached to an aromatic ring is 1. The van der Waals surface area contributed by atoms with E-state index >= 15 is 0 Å². The molecule has 1 heterocycles. The molecule has 1 radical (unpaired) electrons. The summed E-state index contributed by atoms with van der Waals surface area (Å²) < 4.78 is 0. The Balaban J connectivity index is 2.62. The number of carbonyl (C=O) groups is 1. The van der Waals surface area contributed by atoms with Crippen molar-refractivity contribution in [2.24, 2.45) is 11.1 Å². The maximum atomic E-state index is 10.6. The van der Waals surface area contributed by atoms with Gasteiger partial charge in [-0.1, -0.05) is 5.16 Å². The van der Waals surface area contributed by atoms with Crippen LogP contribution in [0.3, 0.4) is 0 Å². The lowest BCUT2D eigenvalue weighted by molar-refractivity contribution is -0.143. The van der Waals surface area contributed by atoms with Crippen molar-refractivity contribution in [3.8, 4) is 0 Å². The lowest BCUT2D eigenvalue weighted by atomic mass is 10.2. The summed E-state index contributed by atoms with van der Waals surface area (Å²) in [6.07, 6.45) is 1.55. The van der Waals surface area contributed by atoms with E-state index in [1.165, 1.54) is 12.3 Å². The van der Waals surface area contributed by atoms with E-state index in [0.29, 0.717) is 5.13 Å². The van der Waals surface area contributed by atoms with E-state index in [1.54, 1.807) is 6.29 Å². The van der Waals surface area contributed by atoms with E-state index in [1.807, 2.05) is 0 Å². The van der Waals surface area contributed by atoms with Crippen LogP contribution in [0.1, 0.15) is 12.6 Å². The molecule has 1 aromatic rings. The minimum atomic E-state index is -1.00. The van der Waals surface area contributed by atoms with Gasteiger partial charge in [0.1, 0.15) is 12.3 Å². The lowest BCUT2D eigenvalue weighted by Crippen LogP contribution is -2.15. The molecule has 0 amide bonds. The van der Waals surface area contributed by atoms with E-state index in [2.05, 4.69) is 10.1 Å². The van der Waals surface area contributed by atoms with Crippen LogP contribution in [-0.4, -0.2) is 34.7 Å². The number of nitrogens with zero attached hydrogens (tertiary/aromatic N) is 2. The number of hydrogen-bond donors (Lipinski definition) is 2. The number of nitrogens with two attached hydrogens (primary N) is 1. The highest BCUT2D eigenvalue weighted by Gasteiger charge is 2.12. The van der Waals surface area contributed by atoms with Gasteiger partial charge >= 0.3 is 5.97 Å². The number of rotatable bonds is 6. The SMILES string of the molecule is CC(CO/N=C(\[C]=O)c1csc(N)n1)C(=O)O. The van der Waals surface area contributed by atoms with Gasteiger partial charge in [-0.2, -0.15) is 0 Å². The largest absolute Gasteiger partial charge is 0.481 e. The summed E-state index contributed by atoms with van der Waals surface area (Å²) in [5, 5.41) is 13.9. The number of hydrogen-bond acceptors (Lipinski definition) is 7. The molecule has 1 unspecified atom stereocenters. The van der Waals surface area contributed by atoms with Crippen LogP contribution < -0.4 is 5.73 Å². The molecule has 0 bridgehead atoms. The Bertz CT molecular complexity index is 443. The van der Waals surface area contributed by atoms with Crippen LogP contribution in [0, 0.1) is 5.92 Å². The number of carbonyl (C=O) groups excluding carboxylic acids is 1. The Morgan fingerprint density at radius 1 is 1.82 bits per heavy atom. The number of aliphatic carboxylic acids is 1. The summed E-state index contributed by atoms with van der Waals surface area (Å²) in [6.45, 7) is 1.32. The van der Waals surface area contributed by atoms with Gasteiger partial charge in [-0.05, 0) is 6.92 Å². The van der Waals surface area contributed by atoms with Gasteiger partial charge in [0.2, 0.25) is 0 Å². The van der Waals surface area contributed by atoms with Crippen LogP contribution in [0.15, 0.2) is 10.5 Å². The first kappa shape index (κ1) is 13.1. The summed E-state index contributed by atoms with van der Waals surface area (Å²) in [5.74, 6) is -1.72. The predicted octanol–water partition coefficient (Wildman–Crippen LogP) is 0.276. The van der Waals surface area contributed by atoms with Crippen molar-refractivity contribution in [2.45, 2.75) is 6.92 Å². The van der Waals surface area contributed by atoms with E-state index in [4.69, 9.17) is 15.7 Å². The molecule has 0 aromatic carbocycles. The zero-order valence-electron chi connectivity index (χ0n) is 8.91. The molecule has 0 saturated carbocycles. The van der Waals surface area contributed by atoms with Gasteiger partial charge in [0.05, 0.1) is 5.92 Å². The van der Waals surface area contributed by atoms with Gasteiger partial charge in [-0.25, -0.2) is 4.98 Å². The normalized spacial score (nSPS) is 13.1. The number of oxime groups is 1. The van der Waals surface area contributed by atoms with Crippen LogP contribution in [0.2, 0.25) is 0 Å². The van der Waals surface area contributed by atoms with Crippen LogP contribution in [-0.2, 0) is 14.4 Å². The minimum absolute atomic E-state index is 0.139. The number of thiazole rings is 1. The average Bonchev–Trinajstić information content (AvgIpc) is 2.70. The Kier molecular flexibility index (Phi) is 4.58. The molecule has 0 aliphatic rings. The van der Waals surface area contributed by atoms with Crippen LogP contribution in [0.4, 0.5) is 5.13 Å².